The van der Waals surface area contributed by atoms with Gasteiger partial charge in [0, 0.05) is 17.6 Å². The van der Waals surface area contributed by atoms with Gasteiger partial charge < -0.3 is 20.3 Å². The SMILES string of the molecule is CC(NC(=O)Nc1ccccc1C(=O)N1CCOCC1)c1ccccc1Br. The molecule has 7 heteroatoms. The quantitative estimate of drug-likeness (QED) is 0.772. The third-order valence-electron chi connectivity index (χ3n) is 4.42. The number of amides is 3. The number of nitrogens with one attached hydrogen (secondary N) is 2. The number of ether oxygens (including phenoxy) is 1. The molecule has 1 unspecified atom stereocenters. The van der Waals surface area contributed by atoms with Crippen molar-refractivity contribution in [3.63, 3.8) is 0 Å². The van der Waals surface area contributed by atoms with Crippen LogP contribution in [0.25, 0.3) is 0 Å². The van der Waals surface area contributed by atoms with Crippen molar-refractivity contribution in [2.75, 3.05) is 31.6 Å². The molecular weight excluding hydrogens is 410 g/mol. The number of carbonyl (C=O) groups is 2. The van der Waals surface area contributed by atoms with Gasteiger partial charge in [-0.1, -0.05) is 46.3 Å². The van der Waals surface area contributed by atoms with E-state index < -0.39 is 0 Å². The van der Waals surface area contributed by atoms with Gasteiger partial charge in [-0.15, -0.1) is 0 Å². The minimum atomic E-state index is -0.361. The Bertz CT molecular complexity index is 822. The van der Waals surface area contributed by atoms with Gasteiger partial charge in [-0.2, -0.15) is 0 Å². The zero-order chi connectivity index (χ0) is 19.2. The molecule has 2 N–H and O–H groups in total. The molecule has 3 amide bonds. The third-order valence-corrected chi connectivity index (χ3v) is 5.15. The van der Waals surface area contributed by atoms with Crippen LogP contribution in [0.1, 0.15) is 28.9 Å². The fourth-order valence-corrected chi connectivity index (χ4v) is 3.60. The van der Waals surface area contributed by atoms with Crippen LogP contribution in [0.15, 0.2) is 53.0 Å². The van der Waals surface area contributed by atoms with E-state index in [1.165, 1.54) is 0 Å². The molecule has 1 aliphatic rings. The Morgan fingerprint density at radius 1 is 1.07 bits per heavy atom. The maximum atomic E-state index is 12.8. The Hall–Kier alpha value is -2.38. The molecule has 6 nitrogen and oxygen atoms in total. The molecule has 0 spiro atoms. The monoisotopic (exact) mass is 431 g/mol. The first-order chi connectivity index (χ1) is 13.1. The summed E-state index contributed by atoms with van der Waals surface area (Å²) in [4.78, 5) is 27.0. The van der Waals surface area contributed by atoms with E-state index in [9.17, 15) is 9.59 Å². The smallest absolute Gasteiger partial charge is 0.319 e. The van der Waals surface area contributed by atoms with Gasteiger partial charge in [-0.05, 0) is 30.7 Å². The summed E-state index contributed by atoms with van der Waals surface area (Å²) in [6.07, 6.45) is 0. The molecule has 3 rings (SSSR count). The lowest BCUT2D eigenvalue weighted by Crippen LogP contribution is -2.41. The standard InChI is InChI=1S/C20H22BrN3O3/c1-14(15-6-2-4-8-17(15)21)22-20(26)23-18-9-5-3-7-16(18)19(25)24-10-12-27-13-11-24/h2-9,14H,10-13H2,1H3,(H2,22,23,26). The van der Waals surface area contributed by atoms with E-state index in [1.807, 2.05) is 31.2 Å². The molecule has 0 aliphatic carbocycles. The molecule has 27 heavy (non-hydrogen) atoms. The van der Waals surface area contributed by atoms with E-state index in [1.54, 1.807) is 29.2 Å². The summed E-state index contributed by atoms with van der Waals surface area (Å²) in [5.74, 6) is -0.104. The van der Waals surface area contributed by atoms with Crippen molar-refractivity contribution >= 4 is 33.6 Å². The average Bonchev–Trinajstić information content (AvgIpc) is 2.68. The summed E-state index contributed by atoms with van der Waals surface area (Å²) in [6, 6.07) is 14.2. The lowest BCUT2D eigenvalue weighted by molar-refractivity contribution is 0.0303. The number of hydrogen-bond donors (Lipinski definition) is 2. The fraction of sp³-hybridized carbons (Fsp3) is 0.300. The first-order valence-electron chi connectivity index (χ1n) is 8.84. The van der Waals surface area contributed by atoms with Crippen LogP contribution in [0.4, 0.5) is 10.5 Å². The van der Waals surface area contributed by atoms with E-state index in [-0.39, 0.29) is 18.0 Å². The summed E-state index contributed by atoms with van der Waals surface area (Å²) < 4.78 is 6.23. The van der Waals surface area contributed by atoms with Crippen LogP contribution in [0.2, 0.25) is 0 Å². The lowest BCUT2D eigenvalue weighted by Gasteiger charge is -2.27. The molecule has 1 saturated heterocycles. The van der Waals surface area contributed by atoms with Crippen LogP contribution >= 0.6 is 15.9 Å². The summed E-state index contributed by atoms with van der Waals surface area (Å²) >= 11 is 3.50. The van der Waals surface area contributed by atoms with Crippen molar-refractivity contribution in [1.82, 2.24) is 10.2 Å². The second-order valence-corrected chi connectivity index (χ2v) is 7.15. The molecule has 1 atom stereocenters. The molecule has 1 heterocycles. The van der Waals surface area contributed by atoms with E-state index in [4.69, 9.17) is 4.74 Å². The van der Waals surface area contributed by atoms with E-state index in [0.717, 1.165) is 10.0 Å². The Balaban J connectivity index is 1.69. The molecular formula is C20H22BrN3O3. The number of benzene rings is 2. The van der Waals surface area contributed by atoms with Crippen LogP contribution in [-0.4, -0.2) is 43.1 Å². The second-order valence-electron chi connectivity index (χ2n) is 6.29. The van der Waals surface area contributed by atoms with Crippen molar-refractivity contribution in [2.24, 2.45) is 0 Å². The topological polar surface area (TPSA) is 70.7 Å². The molecule has 2 aromatic rings. The van der Waals surface area contributed by atoms with Gasteiger partial charge in [0.15, 0.2) is 0 Å². The predicted octanol–water partition coefficient (Wildman–Crippen LogP) is 3.80. The fourth-order valence-electron chi connectivity index (χ4n) is 2.97. The van der Waals surface area contributed by atoms with Gasteiger partial charge >= 0.3 is 6.03 Å². The molecule has 0 saturated carbocycles. The van der Waals surface area contributed by atoms with Crippen LogP contribution in [0, 0.1) is 0 Å². The summed E-state index contributed by atoms with van der Waals surface area (Å²) in [5.41, 5.74) is 1.94. The molecule has 142 valence electrons. The number of anilines is 1. The Morgan fingerprint density at radius 3 is 2.48 bits per heavy atom. The van der Waals surface area contributed by atoms with Gasteiger partial charge in [-0.25, -0.2) is 4.79 Å². The molecule has 1 aliphatic heterocycles. The highest BCUT2D eigenvalue weighted by molar-refractivity contribution is 9.10. The Labute approximate surface area is 167 Å². The maximum Gasteiger partial charge on any atom is 0.319 e. The summed E-state index contributed by atoms with van der Waals surface area (Å²) in [6.45, 7) is 4.08. The lowest BCUT2D eigenvalue weighted by atomic mass is 10.1. The number of rotatable bonds is 4. The highest BCUT2D eigenvalue weighted by Gasteiger charge is 2.22. The molecule has 0 aromatic heterocycles. The largest absolute Gasteiger partial charge is 0.378 e. The number of halogens is 1. The van der Waals surface area contributed by atoms with Crippen LogP contribution < -0.4 is 10.6 Å². The number of para-hydroxylation sites is 1. The van der Waals surface area contributed by atoms with Crippen molar-refractivity contribution in [1.29, 1.82) is 0 Å². The highest BCUT2D eigenvalue weighted by atomic mass is 79.9. The van der Waals surface area contributed by atoms with Gasteiger partial charge in [-0.3, -0.25) is 4.79 Å². The highest BCUT2D eigenvalue weighted by Crippen LogP contribution is 2.23. The van der Waals surface area contributed by atoms with E-state index in [2.05, 4.69) is 26.6 Å². The summed E-state index contributed by atoms with van der Waals surface area (Å²) in [7, 11) is 0. The zero-order valence-electron chi connectivity index (χ0n) is 15.1. The summed E-state index contributed by atoms with van der Waals surface area (Å²) in [5, 5.41) is 5.71. The average molecular weight is 432 g/mol. The van der Waals surface area contributed by atoms with Crippen molar-refractivity contribution in [2.45, 2.75) is 13.0 Å². The molecule has 1 fully saturated rings. The first-order valence-corrected chi connectivity index (χ1v) is 9.63. The van der Waals surface area contributed by atoms with Crippen molar-refractivity contribution < 1.29 is 14.3 Å². The number of urea groups is 1. The van der Waals surface area contributed by atoms with Gasteiger partial charge in [0.05, 0.1) is 30.5 Å². The minimum Gasteiger partial charge on any atom is -0.378 e. The predicted molar refractivity (Wildman–Crippen MR) is 108 cm³/mol. The third kappa shape index (κ3) is 4.87. The minimum absolute atomic E-state index is 0.104. The van der Waals surface area contributed by atoms with Crippen LogP contribution in [-0.2, 0) is 4.74 Å². The maximum absolute atomic E-state index is 12.8. The number of morpholine rings is 1. The number of carbonyl (C=O) groups excluding carboxylic acids is 2. The van der Waals surface area contributed by atoms with Crippen LogP contribution in [0.5, 0.6) is 0 Å². The van der Waals surface area contributed by atoms with Crippen LogP contribution in [0.3, 0.4) is 0 Å². The first kappa shape index (κ1) is 19.4. The molecule has 0 radical (unpaired) electrons. The Kier molecular flexibility index (Phi) is 6.47. The second kappa shape index (κ2) is 9.01. The van der Waals surface area contributed by atoms with Crippen molar-refractivity contribution in [3.05, 3.63) is 64.1 Å². The van der Waals surface area contributed by atoms with E-state index in [0.29, 0.717) is 37.6 Å². The van der Waals surface area contributed by atoms with Gasteiger partial charge in [0.25, 0.3) is 5.91 Å². The zero-order valence-corrected chi connectivity index (χ0v) is 16.7. The molecule has 2 aromatic carbocycles. The van der Waals surface area contributed by atoms with Crippen molar-refractivity contribution in [3.8, 4) is 0 Å². The Morgan fingerprint density at radius 2 is 1.74 bits per heavy atom. The van der Waals surface area contributed by atoms with E-state index >= 15 is 0 Å². The number of nitrogens with zero attached hydrogens (tertiary/aromatic N) is 1. The molecule has 0 bridgehead atoms. The normalized spacial score (nSPS) is 15.1. The number of hydrogen-bond acceptors (Lipinski definition) is 3. The van der Waals surface area contributed by atoms with Gasteiger partial charge in [0.2, 0.25) is 0 Å². The van der Waals surface area contributed by atoms with Gasteiger partial charge in [0.1, 0.15) is 0 Å².